The highest BCUT2D eigenvalue weighted by Crippen LogP contribution is 2.14. The summed E-state index contributed by atoms with van der Waals surface area (Å²) in [5.74, 6) is -0.342. The Morgan fingerprint density at radius 1 is 1.27 bits per heavy atom. The number of amides is 1. The first-order valence-corrected chi connectivity index (χ1v) is 9.24. The van der Waals surface area contributed by atoms with Crippen LogP contribution in [0, 0.1) is 13.8 Å². The van der Waals surface area contributed by atoms with E-state index in [2.05, 4.69) is 15.3 Å². The lowest BCUT2D eigenvalue weighted by atomic mass is 10.3. The van der Waals surface area contributed by atoms with Crippen LogP contribution in [0.25, 0.3) is 11.1 Å². The lowest BCUT2D eigenvalue weighted by Crippen LogP contribution is -2.38. The first kappa shape index (κ1) is 18.2. The molecule has 0 aliphatic heterocycles. The van der Waals surface area contributed by atoms with E-state index >= 15 is 0 Å². The summed E-state index contributed by atoms with van der Waals surface area (Å²) in [6, 6.07) is 8.89. The maximum atomic E-state index is 12.2. The van der Waals surface area contributed by atoms with Crippen molar-refractivity contribution in [1.82, 2.24) is 19.9 Å². The first-order chi connectivity index (χ1) is 12.4. The molecule has 0 spiro atoms. The lowest BCUT2D eigenvalue weighted by molar-refractivity contribution is -0.119. The number of nitrogens with zero attached hydrogens (tertiary/aromatic N) is 3. The van der Waals surface area contributed by atoms with Crippen molar-refractivity contribution in [1.29, 1.82) is 0 Å². The van der Waals surface area contributed by atoms with E-state index in [4.69, 9.17) is 4.42 Å². The van der Waals surface area contributed by atoms with Crippen molar-refractivity contribution in [3.8, 4) is 0 Å². The van der Waals surface area contributed by atoms with Gasteiger partial charge in [0.25, 0.3) is 0 Å². The topological polar surface area (TPSA) is 90.0 Å². The largest absolute Gasteiger partial charge is 0.420 e. The number of aryl methyl sites for hydroxylation is 2. The molecule has 1 N–H and O–H groups in total. The molecule has 0 fully saturated rings. The molecule has 0 bridgehead atoms. The molecule has 136 valence electrons. The minimum Gasteiger partial charge on any atom is -0.408 e. The Kier molecular flexibility index (Phi) is 5.41. The van der Waals surface area contributed by atoms with Gasteiger partial charge in [-0.3, -0.25) is 9.36 Å². The molecule has 2 aromatic heterocycles. The zero-order chi connectivity index (χ0) is 18.7. The summed E-state index contributed by atoms with van der Waals surface area (Å²) in [6.45, 7) is 5.98. The van der Waals surface area contributed by atoms with Gasteiger partial charge in [0.05, 0.1) is 11.3 Å². The molecule has 0 aliphatic rings. The van der Waals surface area contributed by atoms with Gasteiger partial charge in [0.1, 0.15) is 0 Å². The molecule has 0 saturated carbocycles. The summed E-state index contributed by atoms with van der Waals surface area (Å²) in [7, 11) is 0. The Labute approximate surface area is 154 Å². The molecule has 8 heteroatoms. The number of thioether (sulfide) groups is 1. The van der Waals surface area contributed by atoms with E-state index in [1.807, 2.05) is 45.0 Å². The minimum atomic E-state index is -0.426. The SMILES string of the molecule is Cc1cc(C)nc(SCC(=O)N[C@H](C)Cn2c(=O)oc3ccccc32)n1. The average Bonchev–Trinajstić information content (AvgIpc) is 2.88. The molecule has 26 heavy (non-hydrogen) atoms. The number of benzene rings is 1. The molecule has 1 aromatic carbocycles. The van der Waals surface area contributed by atoms with Crippen molar-refractivity contribution >= 4 is 28.8 Å². The van der Waals surface area contributed by atoms with Gasteiger partial charge in [-0.15, -0.1) is 0 Å². The molecular formula is C18H20N4O3S. The highest BCUT2D eigenvalue weighted by molar-refractivity contribution is 7.99. The van der Waals surface area contributed by atoms with Crippen molar-refractivity contribution in [2.45, 2.75) is 38.5 Å². The van der Waals surface area contributed by atoms with Crippen molar-refractivity contribution in [2.75, 3.05) is 5.75 Å². The molecule has 1 amide bonds. The lowest BCUT2D eigenvalue weighted by Gasteiger charge is -2.14. The van der Waals surface area contributed by atoms with Crippen molar-refractivity contribution in [3.05, 3.63) is 52.3 Å². The van der Waals surface area contributed by atoms with Crippen molar-refractivity contribution in [2.24, 2.45) is 0 Å². The maximum absolute atomic E-state index is 12.2. The van der Waals surface area contributed by atoms with Gasteiger partial charge in [-0.1, -0.05) is 23.9 Å². The third-order valence-corrected chi connectivity index (χ3v) is 4.58. The van der Waals surface area contributed by atoms with Crippen LogP contribution in [0.1, 0.15) is 18.3 Å². The second kappa shape index (κ2) is 7.74. The van der Waals surface area contributed by atoms with Crippen LogP contribution in [-0.2, 0) is 11.3 Å². The molecule has 3 aromatic rings. The molecule has 7 nitrogen and oxygen atoms in total. The van der Waals surface area contributed by atoms with Crippen LogP contribution < -0.4 is 11.1 Å². The molecule has 0 aliphatic carbocycles. The standard InChI is InChI=1S/C18H20N4O3S/c1-11-8-12(2)21-17(20-11)26-10-16(23)19-13(3)9-22-14-6-4-5-7-15(14)25-18(22)24/h4-8,13H,9-10H2,1-3H3,(H,19,23)/t13-/m1/s1. The monoisotopic (exact) mass is 372 g/mol. The highest BCUT2D eigenvalue weighted by Gasteiger charge is 2.14. The van der Waals surface area contributed by atoms with Crippen LogP contribution in [0.5, 0.6) is 0 Å². The third-order valence-electron chi connectivity index (χ3n) is 3.73. The van der Waals surface area contributed by atoms with E-state index in [0.29, 0.717) is 17.3 Å². The predicted octanol–water partition coefficient (Wildman–Crippen LogP) is 2.30. The predicted molar refractivity (Wildman–Crippen MR) is 100 cm³/mol. The summed E-state index contributed by atoms with van der Waals surface area (Å²) in [5, 5.41) is 3.48. The highest BCUT2D eigenvalue weighted by atomic mass is 32.2. The molecule has 2 heterocycles. The fourth-order valence-corrected chi connectivity index (χ4v) is 3.47. The Hall–Kier alpha value is -2.61. The van der Waals surface area contributed by atoms with Crippen LogP contribution >= 0.6 is 11.8 Å². The summed E-state index contributed by atoms with van der Waals surface area (Å²) < 4.78 is 6.73. The van der Waals surface area contributed by atoms with E-state index in [0.717, 1.165) is 16.9 Å². The van der Waals surface area contributed by atoms with E-state index in [1.165, 1.54) is 16.3 Å². The Morgan fingerprint density at radius 3 is 2.69 bits per heavy atom. The van der Waals surface area contributed by atoms with Gasteiger partial charge in [-0.25, -0.2) is 14.8 Å². The molecular weight excluding hydrogens is 352 g/mol. The second-order valence-corrected chi connectivity index (χ2v) is 7.08. The molecule has 3 rings (SSSR count). The number of hydrogen-bond donors (Lipinski definition) is 1. The summed E-state index contributed by atoms with van der Waals surface area (Å²) in [6.07, 6.45) is 0. The van der Waals surface area contributed by atoms with Crippen LogP contribution in [0.3, 0.4) is 0 Å². The third kappa shape index (κ3) is 4.32. The number of hydrogen-bond acceptors (Lipinski definition) is 6. The number of fused-ring (bicyclic) bond motifs is 1. The number of aromatic nitrogens is 3. The smallest absolute Gasteiger partial charge is 0.408 e. The first-order valence-electron chi connectivity index (χ1n) is 8.25. The zero-order valence-corrected chi connectivity index (χ0v) is 15.7. The van der Waals surface area contributed by atoms with E-state index in [1.54, 1.807) is 6.07 Å². The number of carbonyl (C=O) groups excluding carboxylic acids is 1. The fourth-order valence-electron chi connectivity index (χ4n) is 2.71. The second-order valence-electron chi connectivity index (χ2n) is 6.14. The van der Waals surface area contributed by atoms with Crippen LogP contribution in [0.2, 0.25) is 0 Å². The minimum absolute atomic E-state index is 0.133. The van der Waals surface area contributed by atoms with Gasteiger partial charge in [-0.05, 0) is 39.0 Å². The van der Waals surface area contributed by atoms with E-state index in [-0.39, 0.29) is 17.7 Å². The van der Waals surface area contributed by atoms with Gasteiger partial charge in [0, 0.05) is 24.0 Å². The Balaban J connectivity index is 1.59. The number of nitrogens with one attached hydrogen (secondary N) is 1. The van der Waals surface area contributed by atoms with Crippen LogP contribution in [0.15, 0.2) is 44.7 Å². The van der Waals surface area contributed by atoms with E-state index in [9.17, 15) is 9.59 Å². The fraction of sp³-hybridized carbons (Fsp3) is 0.333. The Morgan fingerprint density at radius 2 is 1.96 bits per heavy atom. The summed E-state index contributed by atoms with van der Waals surface area (Å²) in [4.78, 5) is 32.8. The van der Waals surface area contributed by atoms with Crippen molar-refractivity contribution in [3.63, 3.8) is 0 Å². The quantitative estimate of drug-likeness (QED) is 0.527. The molecule has 0 radical (unpaired) electrons. The number of para-hydroxylation sites is 2. The Bertz CT molecular complexity index is 975. The zero-order valence-electron chi connectivity index (χ0n) is 14.9. The molecule has 0 saturated heterocycles. The van der Waals surface area contributed by atoms with E-state index < -0.39 is 5.76 Å². The van der Waals surface area contributed by atoms with Crippen LogP contribution in [-0.4, -0.2) is 32.2 Å². The number of oxazole rings is 1. The van der Waals surface area contributed by atoms with Gasteiger partial charge in [0.15, 0.2) is 10.7 Å². The van der Waals surface area contributed by atoms with Crippen LogP contribution in [0.4, 0.5) is 0 Å². The van der Waals surface area contributed by atoms with Gasteiger partial charge >= 0.3 is 5.76 Å². The molecule has 0 unspecified atom stereocenters. The van der Waals surface area contributed by atoms with Crippen molar-refractivity contribution < 1.29 is 9.21 Å². The normalized spacial score (nSPS) is 12.3. The average molecular weight is 372 g/mol. The number of carbonyl (C=O) groups is 1. The molecule has 1 atom stereocenters. The number of rotatable bonds is 6. The summed E-state index contributed by atoms with van der Waals surface area (Å²) >= 11 is 1.29. The van der Waals surface area contributed by atoms with Gasteiger partial charge in [0.2, 0.25) is 5.91 Å². The van der Waals surface area contributed by atoms with Gasteiger partial charge < -0.3 is 9.73 Å². The summed E-state index contributed by atoms with van der Waals surface area (Å²) in [5.41, 5.74) is 3.01. The maximum Gasteiger partial charge on any atom is 0.420 e. The van der Waals surface area contributed by atoms with Gasteiger partial charge in [-0.2, -0.15) is 0 Å².